The summed E-state index contributed by atoms with van der Waals surface area (Å²) in [5.41, 5.74) is 14.3. The highest BCUT2D eigenvalue weighted by molar-refractivity contribution is 7.71. The van der Waals surface area contributed by atoms with Gasteiger partial charge in [0.15, 0.2) is 75.7 Å². The minimum Gasteiger partial charge on any atom is -0.394 e. The van der Waals surface area contributed by atoms with Crippen molar-refractivity contribution in [3.63, 3.8) is 0 Å². The maximum atomic E-state index is 15.3. The van der Waals surface area contributed by atoms with E-state index in [1.165, 1.54) is 79.4 Å². The predicted molar refractivity (Wildman–Crippen MR) is 390 cm³/mol. The van der Waals surface area contributed by atoms with E-state index in [4.69, 9.17) is 64.6 Å². The van der Waals surface area contributed by atoms with Crippen LogP contribution in [0, 0.1) is 69.7 Å². The summed E-state index contributed by atoms with van der Waals surface area (Å²) < 4.78 is 123. The Morgan fingerprint density at radius 2 is 0.817 bits per heavy atom. The van der Waals surface area contributed by atoms with Gasteiger partial charge in [-0.3, -0.25) is 47.6 Å². The third-order valence-corrected chi connectivity index (χ3v) is 18.8. The number of aliphatic hydroxyl groups excluding tert-OH is 10. The zero-order chi connectivity index (χ0) is 83.9. The zero-order valence-corrected chi connectivity index (χ0v) is 61.1. The number of hydrogen-bond acceptors (Lipinski definition) is 33. The molecule has 5 saturated heterocycles. The van der Waals surface area contributed by atoms with E-state index >= 15 is 22.0 Å². The Labute approximate surface area is 645 Å². The van der Waals surface area contributed by atoms with E-state index in [1.54, 1.807) is 0 Å². The second-order valence-corrected chi connectivity index (χ2v) is 26.0. The molecule has 5 aliphatic rings. The van der Waals surface area contributed by atoms with Gasteiger partial charge >= 0.3 is 0 Å². The summed E-state index contributed by atoms with van der Waals surface area (Å²) >= 11 is 5.07. The number of rotatable bonds is 10. The van der Waals surface area contributed by atoms with Gasteiger partial charge in [-0.15, -0.1) is 29.6 Å². The fourth-order valence-electron chi connectivity index (χ4n) is 13.3. The van der Waals surface area contributed by atoms with Crippen LogP contribution in [0.2, 0.25) is 0 Å². The highest BCUT2D eigenvalue weighted by atomic mass is 32.1. The number of aromatic nitrogens is 18. The average molecular weight is 1630 g/mol. The van der Waals surface area contributed by atoms with Crippen LogP contribution in [0.3, 0.4) is 0 Å². The summed E-state index contributed by atoms with van der Waals surface area (Å²) in [5, 5.41) is 96.5. The minimum atomic E-state index is -2.64. The normalized spacial score (nSPS) is 30.4. The van der Waals surface area contributed by atoms with Crippen LogP contribution in [-0.2, 0) is 23.7 Å². The number of nitrogens with zero attached hydrogens (tertiary/aromatic N) is 14. The maximum Gasteiger partial charge on any atom is 0.280 e. The van der Waals surface area contributed by atoms with Crippen LogP contribution in [0.15, 0.2) is 58.0 Å². The standard InChI is InChI=1S/C14H14F2N4O4.C14H15FN4O4.C13H14FN5O4.C13H14FN5O3S.C13H14FN5O3/c1-2-3-14(16)9(22)7(5-21)24-12(14)20-4-6(15)8-10(20)18-13(17)19-11(8)23;1-2-4-14(15)9(21)8(6-20)23-12(14)19-5-3-7-10(19)17-13(16)18-11(7)22;1-2-3-13(14)8(21)6(4-20)23-11(13)19-5-16-7-9(19)17-12(15)18-10(7)22;1-2-3-13(14)8(21)6(4-20)22-11(13)19-5-16-7-9(19)17-12(15)18-10(7)23;1-2-3-13(14)9(21)8(5-20)22-11(13)19-6-17-7-4-16-12(15)18-10(7)19/h4,7,9,12,21-22H,5H2,1H3,(H3,17,18,19,23);3,5,8-9,12,20-21H,6H2,1H3,(H3,16,17,18,22);5-6,8,11,20-21H,4H2,1H3,(H3,15,17,18,22);5-6,8,11,20-21H,4H2,1H3,(H3,15,17,18,23);4,6,8-9,11,20-21H,5H2,1H3,(H2,15,16,18)/t7-,9+,12-,14?;8-,9+,12-,14?;2*6-,8+,11-,13?;8-,9+,11-,13?/m11111/s1. The molecule has 10 aromatic heterocycles. The number of hydrogen-bond donors (Lipinski definition) is 19. The van der Waals surface area contributed by atoms with Gasteiger partial charge in [-0.25, -0.2) is 51.3 Å². The first-order chi connectivity index (χ1) is 54.6. The first-order valence-corrected chi connectivity index (χ1v) is 34.2. The molecule has 41 nitrogen and oxygen atoms in total. The van der Waals surface area contributed by atoms with Gasteiger partial charge in [0.25, 0.3) is 16.7 Å². The molecule has 115 heavy (non-hydrogen) atoms. The topological polar surface area (TPSA) is 634 Å². The summed E-state index contributed by atoms with van der Waals surface area (Å²) in [6.07, 6.45) is -13.9. The van der Waals surface area contributed by atoms with Crippen molar-refractivity contribution in [2.45, 2.75) is 155 Å². The van der Waals surface area contributed by atoms with Crippen molar-refractivity contribution < 1.29 is 101 Å². The van der Waals surface area contributed by atoms with E-state index in [9.17, 15) is 69.8 Å². The summed E-state index contributed by atoms with van der Waals surface area (Å²) in [4.78, 5) is 80.4. The van der Waals surface area contributed by atoms with Crippen LogP contribution in [0.25, 0.3) is 55.6 Å². The Bertz CT molecular complexity index is 5610. The molecule has 0 radical (unpaired) electrons. The fourth-order valence-corrected chi connectivity index (χ4v) is 13.5. The number of ether oxygens (including phenoxy) is 5. The highest BCUT2D eigenvalue weighted by Crippen LogP contribution is 2.48. The molecule has 48 heteroatoms. The van der Waals surface area contributed by atoms with Crippen LogP contribution in [0.5, 0.6) is 0 Å². The SMILES string of the molecule is CC#CC1(F)[C@@H](O)[C@@H](CO)O[C@H]1n1cc(F)c2c(=O)[nH]c(N)nc21.CC#CC1(F)[C@@H](O)[C@@H](CO)O[C@H]1n1ccc2c(=O)[nH]c(N)nc21.CC#CC1(F)[C@@H](O)[C@@H](CO)O[C@H]1n1cnc2c(=O)[nH]c(N)nc21.CC#CC1(F)[C@@H](O)[C@@H](CO)O[C@H]1n1cnc2c(=S)nc(N)[nH]c21.CC#CC1(F)[C@@H](O)[C@@H](CO)O[C@H]1n1cnc2cnc(N)nc21. The molecule has 610 valence electrons. The maximum absolute atomic E-state index is 15.3. The van der Waals surface area contributed by atoms with E-state index in [1.807, 2.05) is 0 Å². The van der Waals surface area contributed by atoms with E-state index in [-0.39, 0.29) is 67.9 Å². The third kappa shape index (κ3) is 14.8. The number of halogens is 6. The molecule has 5 unspecified atom stereocenters. The number of fused-ring (bicyclic) bond motifs is 5. The Hall–Kier alpha value is -11.7. The number of aromatic amines is 4. The van der Waals surface area contributed by atoms with Gasteiger partial charge in [0.05, 0.1) is 63.6 Å². The van der Waals surface area contributed by atoms with Gasteiger partial charge in [-0.05, 0) is 40.7 Å². The summed E-state index contributed by atoms with van der Waals surface area (Å²) in [6, 6.07) is 1.43. The fraction of sp³-hybridized carbons (Fsp3) is 0.448. The smallest absolute Gasteiger partial charge is 0.280 e. The molecule has 0 bridgehead atoms. The monoisotopic (exact) mass is 1630 g/mol. The number of nitrogens with one attached hydrogen (secondary N) is 4. The lowest BCUT2D eigenvalue weighted by atomic mass is 9.96. The molecule has 0 aromatic carbocycles. The number of imidazole rings is 3. The molecule has 0 amide bonds. The summed E-state index contributed by atoms with van der Waals surface area (Å²) in [6.45, 7) is 4.12. The molecule has 15 heterocycles. The van der Waals surface area contributed by atoms with Crippen molar-refractivity contribution >= 4 is 97.5 Å². The first-order valence-electron chi connectivity index (χ1n) is 33.8. The minimum absolute atomic E-state index is 0.00228. The Morgan fingerprint density at radius 1 is 0.452 bits per heavy atom. The number of anilines is 5. The van der Waals surface area contributed by atoms with Crippen molar-refractivity contribution in [1.82, 2.24) is 87.6 Å². The first kappa shape index (κ1) is 84.2. The molecule has 20 atom stereocenters. The zero-order valence-electron chi connectivity index (χ0n) is 60.3. The number of aliphatic hydroxyl groups is 10. The molecule has 0 spiro atoms. The number of nitrogen functional groups attached to an aromatic ring is 5. The van der Waals surface area contributed by atoms with Crippen LogP contribution < -0.4 is 45.3 Å². The highest BCUT2D eigenvalue weighted by Gasteiger charge is 2.62. The van der Waals surface area contributed by atoms with Crippen molar-refractivity contribution in [3.8, 4) is 59.2 Å². The lowest BCUT2D eigenvalue weighted by Gasteiger charge is -2.24. The van der Waals surface area contributed by atoms with Crippen molar-refractivity contribution in [2.24, 2.45) is 0 Å². The van der Waals surface area contributed by atoms with Gasteiger partial charge in [0, 0.05) is 12.4 Å². The molecule has 15 rings (SSSR count). The lowest BCUT2D eigenvalue weighted by Crippen LogP contribution is -2.42. The van der Waals surface area contributed by atoms with Gasteiger partial charge in [-0.2, -0.15) is 19.9 Å². The van der Waals surface area contributed by atoms with Crippen LogP contribution in [0.1, 0.15) is 65.8 Å². The second-order valence-electron chi connectivity index (χ2n) is 25.6. The van der Waals surface area contributed by atoms with E-state index in [0.717, 1.165) is 21.7 Å². The van der Waals surface area contributed by atoms with Crippen molar-refractivity contribution in [1.29, 1.82) is 0 Å². The molecular weight excluding hydrogens is 1560 g/mol. The number of nitrogens with two attached hydrogens (primary N) is 5. The second kappa shape index (κ2) is 33.0. The molecule has 5 aliphatic heterocycles. The quantitative estimate of drug-likeness (QED) is 0.0365. The van der Waals surface area contributed by atoms with Crippen LogP contribution in [-0.4, -0.2) is 261 Å². The van der Waals surface area contributed by atoms with E-state index in [0.29, 0.717) is 16.7 Å². The van der Waals surface area contributed by atoms with Crippen molar-refractivity contribution in [3.05, 3.63) is 85.2 Å². The van der Waals surface area contributed by atoms with Gasteiger partial charge < -0.3 is 113 Å². The van der Waals surface area contributed by atoms with Gasteiger partial charge in [-0.1, -0.05) is 41.8 Å². The number of H-pyrrole nitrogens is 4. The molecule has 0 aliphatic carbocycles. The molecular formula is C67H71F6N23O18S. The predicted octanol–water partition coefficient (Wildman–Crippen LogP) is -3.15. The summed E-state index contributed by atoms with van der Waals surface area (Å²) in [7, 11) is 0. The average Bonchev–Trinajstić information content (AvgIpc) is 1.61. The van der Waals surface area contributed by atoms with E-state index < -0.39 is 181 Å². The van der Waals surface area contributed by atoms with E-state index in [2.05, 4.69) is 124 Å². The van der Waals surface area contributed by atoms with Crippen molar-refractivity contribution in [2.75, 3.05) is 61.7 Å². The molecule has 5 fully saturated rings. The largest absolute Gasteiger partial charge is 0.394 e. The number of alkyl halides is 5. The van der Waals surface area contributed by atoms with Gasteiger partial charge in [0.1, 0.15) is 83.1 Å². The van der Waals surface area contributed by atoms with Crippen LogP contribution >= 0.6 is 12.2 Å². The molecule has 10 aromatic rings. The molecule has 0 saturated carbocycles. The van der Waals surface area contributed by atoms with Gasteiger partial charge in [0.2, 0.25) is 52.1 Å². The Balaban J connectivity index is 0.000000142. The summed E-state index contributed by atoms with van der Waals surface area (Å²) in [5.74, 6) is 21.9. The Kier molecular flexibility index (Phi) is 24.2. The lowest BCUT2D eigenvalue weighted by molar-refractivity contribution is -0.0504. The molecule has 24 N–H and O–H groups in total. The third-order valence-electron chi connectivity index (χ3n) is 18.5. The van der Waals surface area contributed by atoms with Crippen LogP contribution in [0.4, 0.5) is 56.1 Å². The Morgan fingerprint density at radius 3 is 1.27 bits per heavy atom.